The van der Waals surface area contributed by atoms with E-state index >= 15 is 0 Å². The summed E-state index contributed by atoms with van der Waals surface area (Å²) in [7, 11) is 0. The lowest BCUT2D eigenvalue weighted by Crippen LogP contribution is -2.49. The molecule has 1 amide bonds. The number of imidazole rings is 1. The number of carboxylic acids is 1. The van der Waals surface area contributed by atoms with Crippen molar-refractivity contribution in [1.82, 2.24) is 19.5 Å². The number of nitrogens with zero attached hydrogens (tertiary/aromatic N) is 5. The predicted molar refractivity (Wildman–Crippen MR) is 114 cm³/mol. The lowest BCUT2D eigenvalue weighted by atomic mass is 10.2. The Morgan fingerprint density at radius 3 is 2.53 bits per heavy atom. The van der Waals surface area contributed by atoms with E-state index < -0.39 is 23.7 Å². The molecular weight excluding hydrogens is 456 g/mol. The lowest BCUT2D eigenvalue weighted by molar-refractivity contribution is -0.139. The van der Waals surface area contributed by atoms with Gasteiger partial charge in [0.2, 0.25) is 0 Å². The highest BCUT2D eigenvalue weighted by atomic mass is 79.9. The molecule has 158 valence electrons. The monoisotopic (exact) mass is 476 g/mol. The number of nitrogen functional groups attached to an aromatic ring is 1. The number of nitrogens with two attached hydrogens (primary N) is 1. The van der Waals surface area contributed by atoms with E-state index in [1.54, 1.807) is 51.1 Å². The summed E-state index contributed by atoms with van der Waals surface area (Å²) in [5.41, 5.74) is 6.10. The maximum Gasteiger partial charge on any atom is 0.415 e. The van der Waals surface area contributed by atoms with E-state index in [0.717, 1.165) is 4.90 Å². The van der Waals surface area contributed by atoms with Crippen LogP contribution >= 0.6 is 15.9 Å². The second-order valence-electron chi connectivity index (χ2n) is 7.46. The molecule has 3 N–H and O–H groups in total. The molecule has 1 atom stereocenters. The molecule has 0 radical (unpaired) electrons. The van der Waals surface area contributed by atoms with Gasteiger partial charge in [0, 0.05) is 5.69 Å². The maximum atomic E-state index is 13.0. The number of halogens is 1. The van der Waals surface area contributed by atoms with Crippen LogP contribution in [0.2, 0.25) is 0 Å². The number of hydrogen-bond acceptors (Lipinski definition) is 7. The van der Waals surface area contributed by atoms with Crippen LogP contribution in [0, 0.1) is 0 Å². The number of anilines is 2. The Bertz CT molecular complexity index is 1080. The largest absolute Gasteiger partial charge is 0.480 e. The van der Waals surface area contributed by atoms with Gasteiger partial charge in [0.15, 0.2) is 27.8 Å². The summed E-state index contributed by atoms with van der Waals surface area (Å²) in [4.78, 5) is 38.7. The quantitative estimate of drug-likeness (QED) is 0.535. The zero-order valence-electron chi connectivity index (χ0n) is 16.6. The first kappa shape index (κ1) is 21.5. The molecule has 0 saturated heterocycles. The second-order valence-corrected chi connectivity index (χ2v) is 8.17. The van der Waals surface area contributed by atoms with Crippen molar-refractivity contribution in [2.45, 2.75) is 39.0 Å². The molecule has 2 aromatic heterocycles. The van der Waals surface area contributed by atoms with Crippen molar-refractivity contribution < 1.29 is 19.4 Å². The van der Waals surface area contributed by atoms with E-state index in [-0.39, 0.29) is 12.4 Å². The number of rotatable bonds is 5. The van der Waals surface area contributed by atoms with Crippen molar-refractivity contribution in [3.05, 3.63) is 41.4 Å². The summed E-state index contributed by atoms with van der Waals surface area (Å²) in [6.07, 6.45) is 0.483. The van der Waals surface area contributed by atoms with Crippen LogP contribution in [0.1, 0.15) is 20.8 Å². The first-order valence-corrected chi connectivity index (χ1v) is 9.80. The van der Waals surface area contributed by atoms with E-state index in [0.29, 0.717) is 21.6 Å². The fraction of sp³-hybridized carbons (Fsp3) is 0.316. The van der Waals surface area contributed by atoms with Gasteiger partial charge in [-0.05, 0) is 48.8 Å². The van der Waals surface area contributed by atoms with Gasteiger partial charge in [-0.25, -0.2) is 24.5 Å². The standard InChI is InChI=1S/C19H21BrN6O4/c1-19(2,3)30-18(29)26(11-7-5-4-6-8-11)12(16(27)28)9-25-15-13(24-17(25)20)14(21)22-10-23-15/h4-8,10,12H,9H2,1-3H3,(H,27,28)(H2,21,22,23)/t12-/m0/s1. The number of fused-ring (bicyclic) bond motifs is 1. The molecule has 3 aromatic rings. The molecule has 0 aliphatic rings. The Labute approximate surface area is 180 Å². The number of aliphatic carboxylic acids is 1. The molecular formula is C19H21BrN6O4. The minimum atomic E-state index is -1.31. The highest BCUT2D eigenvalue weighted by Gasteiger charge is 2.35. The van der Waals surface area contributed by atoms with Crippen LogP contribution in [0.15, 0.2) is 41.4 Å². The number of benzene rings is 1. The number of carbonyl (C=O) groups is 2. The van der Waals surface area contributed by atoms with Gasteiger partial charge in [0.05, 0.1) is 6.54 Å². The van der Waals surface area contributed by atoms with E-state index in [1.807, 2.05) is 0 Å². The Morgan fingerprint density at radius 1 is 1.27 bits per heavy atom. The molecule has 0 unspecified atom stereocenters. The van der Waals surface area contributed by atoms with Gasteiger partial charge in [-0.2, -0.15) is 0 Å². The van der Waals surface area contributed by atoms with Crippen molar-refractivity contribution in [2.24, 2.45) is 0 Å². The van der Waals surface area contributed by atoms with E-state index in [9.17, 15) is 14.7 Å². The molecule has 0 aliphatic heterocycles. The molecule has 0 saturated carbocycles. The van der Waals surface area contributed by atoms with Crippen LogP contribution in [-0.2, 0) is 16.1 Å². The predicted octanol–water partition coefficient (Wildman–Crippen LogP) is 3.07. The first-order chi connectivity index (χ1) is 14.1. The zero-order valence-corrected chi connectivity index (χ0v) is 18.2. The van der Waals surface area contributed by atoms with Crippen LogP contribution in [0.3, 0.4) is 0 Å². The fourth-order valence-corrected chi connectivity index (χ4v) is 3.33. The SMILES string of the molecule is CC(C)(C)OC(=O)N(c1ccccc1)[C@@H](Cn1c(Br)nc2c(N)ncnc21)C(=O)O. The van der Waals surface area contributed by atoms with E-state index in [2.05, 4.69) is 30.9 Å². The van der Waals surface area contributed by atoms with Crippen molar-refractivity contribution in [3.63, 3.8) is 0 Å². The van der Waals surface area contributed by atoms with Gasteiger partial charge in [-0.15, -0.1) is 0 Å². The third kappa shape index (κ3) is 4.51. The van der Waals surface area contributed by atoms with Gasteiger partial charge < -0.3 is 20.1 Å². The Kier molecular flexibility index (Phi) is 5.92. The van der Waals surface area contributed by atoms with Gasteiger partial charge in [-0.3, -0.25) is 4.90 Å². The summed E-state index contributed by atoms with van der Waals surface area (Å²) >= 11 is 3.31. The van der Waals surface area contributed by atoms with Crippen LogP contribution in [-0.4, -0.2) is 48.3 Å². The third-order valence-corrected chi connectivity index (χ3v) is 4.70. The molecule has 1 aromatic carbocycles. The smallest absolute Gasteiger partial charge is 0.415 e. The summed E-state index contributed by atoms with van der Waals surface area (Å²) < 4.78 is 7.32. The Morgan fingerprint density at radius 2 is 1.93 bits per heavy atom. The summed E-state index contributed by atoms with van der Waals surface area (Å²) in [5, 5.41) is 10.0. The molecule has 0 spiro atoms. The molecule has 0 bridgehead atoms. The number of amides is 1. The van der Waals surface area contributed by atoms with Crippen molar-refractivity contribution >= 4 is 50.7 Å². The summed E-state index contributed by atoms with van der Waals surface area (Å²) in [6.45, 7) is 4.98. The lowest BCUT2D eigenvalue weighted by Gasteiger charge is -2.31. The molecule has 11 heteroatoms. The van der Waals surface area contributed by atoms with Crippen LogP contribution in [0.25, 0.3) is 11.2 Å². The number of para-hydroxylation sites is 1. The van der Waals surface area contributed by atoms with Gasteiger partial charge in [-0.1, -0.05) is 18.2 Å². The molecule has 3 rings (SSSR count). The van der Waals surface area contributed by atoms with Gasteiger partial charge in [0.25, 0.3) is 0 Å². The highest BCUT2D eigenvalue weighted by Crippen LogP contribution is 2.26. The van der Waals surface area contributed by atoms with Crippen molar-refractivity contribution in [3.8, 4) is 0 Å². The number of ether oxygens (including phenoxy) is 1. The minimum Gasteiger partial charge on any atom is -0.480 e. The molecule has 0 aliphatic carbocycles. The zero-order chi connectivity index (χ0) is 22.1. The first-order valence-electron chi connectivity index (χ1n) is 9.01. The minimum absolute atomic E-state index is 0.156. The van der Waals surface area contributed by atoms with Gasteiger partial charge >= 0.3 is 12.1 Å². The molecule has 30 heavy (non-hydrogen) atoms. The average molecular weight is 477 g/mol. The highest BCUT2D eigenvalue weighted by molar-refractivity contribution is 9.10. The molecule has 0 fully saturated rings. The van der Waals surface area contributed by atoms with Crippen molar-refractivity contribution in [1.29, 1.82) is 0 Å². The number of carbonyl (C=O) groups excluding carboxylic acids is 1. The second kappa shape index (κ2) is 8.27. The molecule has 2 heterocycles. The third-order valence-electron chi connectivity index (χ3n) is 4.09. The number of carboxylic acid groups (broad SMARTS) is 1. The molecule has 10 nitrogen and oxygen atoms in total. The Hall–Kier alpha value is -3.21. The average Bonchev–Trinajstić information content (AvgIpc) is 2.97. The number of hydrogen-bond donors (Lipinski definition) is 2. The fourth-order valence-electron chi connectivity index (χ4n) is 2.84. The van der Waals surface area contributed by atoms with Crippen molar-refractivity contribution in [2.75, 3.05) is 10.6 Å². The summed E-state index contributed by atoms with van der Waals surface area (Å²) in [5.74, 6) is -1.06. The summed E-state index contributed by atoms with van der Waals surface area (Å²) in [6, 6.07) is 7.16. The normalized spacial score (nSPS) is 12.5. The Balaban J connectivity index is 2.08. The number of aromatic nitrogens is 4. The van der Waals surface area contributed by atoms with E-state index in [4.69, 9.17) is 10.5 Å². The van der Waals surface area contributed by atoms with Crippen LogP contribution < -0.4 is 10.6 Å². The van der Waals surface area contributed by atoms with Gasteiger partial charge in [0.1, 0.15) is 11.9 Å². The topological polar surface area (TPSA) is 136 Å². The van der Waals surface area contributed by atoms with Crippen LogP contribution in [0.4, 0.5) is 16.3 Å². The van der Waals surface area contributed by atoms with E-state index in [1.165, 1.54) is 10.9 Å². The maximum absolute atomic E-state index is 13.0. The van der Waals surface area contributed by atoms with Crippen LogP contribution in [0.5, 0.6) is 0 Å².